The minimum absolute atomic E-state index is 0.0306. The molecule has 0 spiro atoms. The second-order valence-corrected chi connectivity index (χ2v) is 4.37. The van der Waals surface area contributed by atoms with Gasteiger partial charge in [0.05, 0.1) is 17.1 Å². The van der Waals surface area contributed by atoms with Crippen LogP contribution in [0.4, 0.5) is 5.82 Å². The number of nitrogens with one attached hydrogen (secondary N) is 1. The molecule has 0 saturated carbocycles. The summed E-state index contributed by atoms with van der Waals surface area (Å²) in [6, 6.07) is 1.34. The SMILES string of the molecule is O=C1CN(c2ncc(C(=O)O)cc2Cl)CCCN1. The summed E-state index contributed by atoms with van der Waals surface area (Å²) in [7, 11) is 0. The lowest BCUT2D eigenvalue weighted by Crippen LogP contribution is -2.33. The van der Waals surface area contributed by atoms with Crippen LogP contribution in [-0.4, -0.2) is 41.6 Å². The van der Waals surface area contributed by atoms with E-state index in [9.17, 15) is 9.59 Å². The number of halogens is 1. The zero-order chi connectivity index (χ0) is 13.1. The Bertz CT molecular complexity index is 492. The van der Waals surface area contributed by atoms with Gasteiger partial charge in [-0.25, -0.2) is 9.78 Å². The van der Waals surface area contributed by atoms with Gasteiger partial charge in [0.1, 0.15) is 5.82 Å². The molecule has 1 saturated heterocycles. The third-order valence-electron chi connectivity index (χ3n) is 2.63. The second kappa shape index (κ2) is 5.22. The van der Waals surface area contributed by atoms with Crippen molar-refractivity contribution >= 4 is 29.3 Å². The second-order valence-electron chi connectivity index (χ2n) is 3.96. The lowest BCUT2D eigenvalue weighted by atomic mass is 10.2. The van der Waals surface area contributed by atoms with E-state index in [1.807, 2.05) is 0 Å². The van der Waals surface area contributed by atoms with Crippen LogP contribution in [0.1, 0.15) is 16.8 Å². The van der Waals surface area contributed by atoms with Gasteiger partial charge in [-0.05, 0) is 12.5 Å². The van der Waals surface area contributed by atoms with Gasteiger partial charge in [-0.1, -0.05) is 11.6 Å². The highest BCUT2D eigenvalue weighted by atomic mass is 35.5. The van der Waals surface area contributed by atoms with Gasteiger partial charge in [0, 0.05) is 19.3 Å². The smallest absolute Gasteiger partial charge is 0.337 e. The lowest BCUT2D eigenvalue weighted by Gasteiger charge is -2.21. The monoisotopic (exact) mass is 269 g/mol. The van der Waals surface area contributed by atoms with E-state index in [0.29, 0.717) is 18.9 Å². The number of aromatic carboxylic acids is 1. The van der Waals surface area contributed by atoms with Crippen LogP contribution in [0.2, 0.25) is 5.02 Å². The number of amides is 1. The first-order valence-corrected chi connectivity index (χ1v) is 5.86. The van der Waals surface area contributed by atoms with E-state index in [4.69, 9.17) is 16.7 Å². The number of hydrogen-bond donors (Lipinski definition) is 2. The molecular formula is C11H12ClN3O3. The summed E-state index contributed by atoms with van der Waals surface area (Å²) in [6.45, 7) is 1.46. The summed E-state index contributed by atoms with van der Waals surface area (Å²) in [5.74, 6) is -0.726. The number of pyridine rings is 1. The molecular weight excluding hydrogens is 258 g/mol. The molecule has 2 heterocycles. The Morgan fingerprint density at radius 1 is 1.56 bits per heavy atom. The molecule has 0 aromatic carbocycles. The number of rotatable bonds is 2. The van der Waals surface area contributed by atoms with E-state index in [-0.39, 0.29) is 23.0 Å². The highest BCUT2D eigenvalue weighted by Crippen LogP contribution is 2.24. The van der Waals surface area contributed by atoms with Crippen LogP contribution in [-0.2, 0) is 4.79 Å². The molecule has 7 heteroatoms. The summed E-state index contributed by atoms with van der Waals surface area (Å²) >= 11 is 6.01. The van der Waals surface area contributed by atoms with Crippen molar-refractivity contribution in [3.8, 4) is 0 Å². The van der Waals surface area contributed by atoms with E-state index in [2.05, 4.69) is 10.3 Å². The first-order chi connectivity index (χ1) is 8.58. The molecule has 0 atom stereocenters. The fraction of sp³-hybridized carbons (Fsp3) is 0.364. The number of carbonyl (C=O) groups excluding carboxylic acids is 1. The van der Waals surface area contributed by atoms with Crippen LogP contribution in [0.25, 0.3) is 0 Å². The first-order valence-electron chi connectivity index (χ1n) is 5.48. The molecule has 0 radical (unpaired) electrons. The van der Waals surface area contributed by atoms with Gasteiger partial charge in [0.25, 0.3) is 0 Å². The molecule has 1 fully saturated rings. The van der Waals surface area contributed by atoms with Crippen molar-refractivity contribution < 1.29 is 14.7 Å². The summed E-state index contributed by atoms with van der Waals surface area (Å²) in [4.78, 5) is 28.0. The van der Waals surface area contributed by atoms with E-state index in [0.717, 1.165) is 6.42 Å². The van der Waals surface area contributed by atoms with Gasteiger partial charge < -0.3 is 15.3 Å². The van der Waals surface area contributed by atoms with Crippen LogP contribution >= 0.6 is 11.6 Å². The Kier molecular flexibility index (Phi) is 3.66. The lowest BCUT2D eigenvalue weighted by molar-refractivity contribution is -0.119. The van der Waals surface area contributed by atoms with Crippen molar-refractivity contribution in [2.24, 2.45) is 0 Å². The maximum atomic E-state index is 11.4. The molecule has 1 aromatic heterocycles. The van der Waals surface area contributed by atoms with Gasteiger partial charge in [0.2, 0.25) is 5.91 Å². The highest BCUT2D eigenvalue weighted by molar-refractivity contribution is 6.33. The van der Waals surface area contributed by atoms with Crippen LogP contribution < -0.4 is 10.2 Å². The zero-order valence-corrected chi connectivity index (χ0v) is 10.3. The topological polar surface area (TPSA) is 82.5 Å². The molecule has 0 bridgehead atoms. The molecule has 1 amide bonds. The third kappa shape index (κ3) is 2.70. The maximum Gasteiger partial charge on any atom is 0.337 e. The number of carboxylic acid groups (broad SMARTS) is 1. The van der Waals surface area contributed by atoms with Gasteiger partial charge in [-0.2, -0.15) is 0 Å². The van der Waals surface area contributed by atoms with Crippen LogP contribution in [0.3, 0.4) is 0 Å². The number of aromatic nitrogens is 1. The minimum atomic E-state index is -1.08. The van der Waals surface area contributed by atoms with Gasteiger partial charge >= 0.3 is 5.97 Å². The Hall–Kier alpha value is -1.82. The van der Waals surface area contributed by atoms with Crippen molar-refractivity contribution in [1.82, 2.24) is 10.3 Å². The van der Waals surface area contributed by atoms with Crippen molar-refractivity contribution in [2.75, 3.05) is 24.5 Å². The molecule has 96 valence electrons. The molecule has 1 aliphatic rings. The molecule has 6 nitrogen and oxygen atoms in total. The van der Waals surface area contributed by atoms with Crippen LogP contribution in [0.5, 0.6) is 0 Å². The van der Waals surface area contributed by atoms with E-state index >= 15 is 0 Å². The average molecular weight is 270 g/mol. The molecule has 1 aromatic rings. The van der Waals surface area contributed by atoms with Crippen molar-refractivity contribution in [2.45, 2.75) is 6.42 Å². The number of hydrogen-bond acceptors (Lipinski definition) is 4. The summed E-state index contributed by atoms with van der Waals surface area (Å²) in [5, 5.41) is 11.8. The van der Waals surface area contributed by atoms with Gasteiger partial charge in [-0.3, -0.25) is 4.79 Å². The number of anilines is 1. The largest absolute Gasteiger partial charge is 0.478 e. The van der Waals surface area contributed by atoms with Gasteiger partial charge in [-0.15, -0.1) is 0 Å². The molecule has 2 rings (SSSR count). The first kappa shape index (κ1) is 12.6. The quantitative estimate of drug-likeness (QED) is 0.828. The average Bonchev–Trinajstić information content (AvgIpc) is 2.53. The molecule has 0 unspecified atom stereocenters. The predicted octanol–water partition coefficient (Wildman–Crippen LogP) is 0.759. The normalized spacial score (nSPS) is 16.1. The molecule has 2 N–H and O–H groups in total. The standard InChI is InChI=1S/C11H12ClN3O3/c12-8-4-7(11(17)18)5-14-10(8)15-3-1-2-13-9(16)6-15/h4-5H,1-3,6H2,(H,13,16)(H,17,18). The summed E-state index contributed by atoms with van der Waals surface area (Å²) in [6.07, 6.45) is 2.04. The number of carboxylic acids is 1. The van der Waals surface area contributed by atoms with Crippen LogP contribution in [0, 0.1) is 0 Å². The Morgan fingerprint density at radius 3 is 3.00 bits per heavy atom. The predicted molar refractivity (Wildman–Crippen MR) is 66.0 cm³/mol. The molecule has 18 heavy (non-hydrogen) atoms. The third-order valence-corrected chi connectivity index (χ3v) is 2.91. The summed E-state index contributed by atoms with van der Waals surface area (Å²) < 4.78 is 0. The molecule has 0 aliphatic carbocycles. The van der Waals surface area contributed by atoms with Crippen LogP contribution in [0.15, 0.2) is 12.3 Å². The number of nitrogens with zero attached hydrogens (tertiary/aromatic N) is 2. The summed E-state index contributed by atoms with van der Waals surface area (Å²) in [5.41, 5.74) is 0.0306. The zero-order valence-electron chi connectivity index (χ0n) is 9.52. The van der Waals surface area contributed by atoms with Crippen molar-refractivity contribution in [1.29, 1.82) is 0 Å². The van der Waals surface area contributed by atoms with E-state index < -0.39 is 5.97 Å². The van der Waals surface area contributed by atoms with Crippen molar-refractivity contribution in [3.63, 3.8) is 0 Å². The Labute approximate surface area is 109 Å². The fourth-order valence-corrected chi connectivity index (χ4v) is 2.05. The Balaban J connectivity index is 2.27. The molecule has 1 aliphatic heterocycles. The highest BCUT2D eigenvalue weighted by Gasteiger charge is 2.19. The van der Waals surface area contributed by atoms with E-state index in [1.165, 1.54) is 12.3 Å². The maximum absolute atomic E-state index is 11.4. The van der Waals surface area contributed by atoms with E-state index in [1.54, 1.807) is 4.90 Å². The van der Waals surface area contributed by atoms with Crippen molar-refractivity contribution in [3.05, 3.63) is 22.8 Å². The fourth-order valence-electron chi connectivity index (χ4n) is 1.77. The number of carbonyl (C=O) groups is 2. The minimum Gasteiger partial charge on any atom is -0.478 e. The Morgan fingerprint density at radius 2 is 2.33 bits per heavy atom. The van der Waals surface area contributed by atoms with Gasteiger partial charge in [0.15, 0.2) is 0 Å².